The molecule has 0 amide bonds. The van der Waals surface area contributed by atoms with E-state index in [2.05, 4.69) is 30.3 Å². The van der Waals surface area contributed by atoms with Gasteiger partial charge in [-0.05, 0) is 40.1 Å². The molecule has 4 aromatic rings. The summed E-state index contributed by atoms with van der Waals surface area (Å²) in [7, 11) is 0. The van der Waals surface area contributed by atoms with Crippen molar-refractivity contribution in [3.63, 3.8) is 0 Å². The number of hydrogen-bond donors (Lipinski definition) is 0. The van der Waals surface area contributed by atoms with E-state index in [-0.39, 0.29) is 22.6 Å². The zero-order valence-corrected chi connectivity index (χ0v) is 15.0. The van der Waals surface area contributed by atoms with E-state index in [1.54, 1.807) is 24.3 Å². The molecule has 0 aliphatic carbocycles. The Balaban J connectivity index is 1.69. The van der Waals surface area contributed by atoms with E-state index in [0.29, 0.717) is 0 Å². The van der Waals surface area contributed by atoms with Crippen molar-refractivity contribution in [1.29, 1.82) is 0 Å². The van der Waals surface area contributed by atoms with Crippen LogP contribution in [0.25, 0.3) is 10.8 Å². The van der Waals surface area contributed by atoms with Gasteiger partial charge in [-0.2, -0.15) is 0 Å². The Labute approximate surface area is 162 Å². The average Bonchev–Trinajstić information content (AvgIpc) is 3.14. The summed E-state index contributed by atoms with van der Waals surface area (Å²) in [6.07, 6.45) is -0.232. The first kappa shape index (κ1) is 16.5. The number of benzene rings is 4. The number of rotatable bonds is 3. The average molecular weight is 367 g/mol. The van der Waals surface area contributed by atoms with Crippen molar-refractivity contribution in [2.24, 2.45) is 0 Å². The zero-order valence-electron chi connectivity index (χ0n) is 15.0. The predicted molar refractivity (Wildman–Crippen MR) is 109 cm³/mol. The van der Waals surface area contributed by atoms with E-state index in [4.69, 9.17) is 4.74 Å². The van der Waals surface area contributed by atoms with Crippen molar-refractivity contribution in [1.82, 2.24) is 0 Å². The Morgan fingerprint density at radius 2 is 1.46 bits per heavy atom. The number of nitro benzene ring substituents is 1. The second kappa shape index (κ2) is 6.50. The molecule has 1 aliphatic heterocycles. The second-order valence-electron chi connectivity index (χ2n) is 6.97. The van der Waals surface area contributed by atoms with E-state index < -0.39 is 0 Å². The van der Waals surface area contributed by atoms with Crippen LogP contribution in [-0.4, -0.2) is 4.92 Å². The molecule has 28 heavy (non-hydrogen) atoms. The lowest BCUT2D eigenvalue weighted by atomic mass is 9.83. The van der Waals surface area contributed by atoms with Crippen LogP contribution in [0.2, 0.25) is 0 Å². The van der Waals surface area contributed by atoms with Gasteiger partial charge in [-0.3, -0.25) is 10.1 Å². The molecule has 0 bridgehead atoms. The van der Waals surface area contributed by atoms with Crippen molar-refractivity contribution >= 4 is 16.5 Å². The first-order valence-corrected chi connectivity index (χ1v) is 9.20. The van der Waals surface area contributed by atoms with Gasteiger partial charge in [0.05, 0.1) is 10.8 Å². The summed E-state index contributed by atoms with van der Waals surface area (Å²) in [4.78, 5) is 10.6. The van der Waals surface area contributed by atoms with E-state index >= 15 is 0 Å². The Kier molecular flexibility index (Phi) is 3.83. The van der Waals surface area contributed by atoms with Crippen molar-refractivity contribution in [3.8, 4) is 5.75 Å². The first-order chi connectivity index (χ1) is 13.7. The highest BCUT2D eigenvalue weighted by molar-refractivity contribution is 5.89. The van der Waals surface area contributed by atoms with Crippen molar-refractivity contribution < 1.29 is 9.66 Å². The summed E-state index contributed by atoms with van der Waals surface area (Å²) in [5, 5.41) is 13.4. The summed E-state index contributed by atoms with van der Waals surface area (Å²) in [5.74, 6) is 0.889. The van der Waals surface area contributed by atoms with E-state index in [9.17, 15) is 10.1 Å². The van der Waals surface area contributed by atoms with Gasteiger partial charge in [0.1, 0.15) is 11.9 Å². The Hall–Kier alpha value is -3.66. The third-order valence-corrected chi connectivity index (χ3v) is 5.39. The monoisotopic (exact) mass is 367 g/mol. The van der Waals surface area contributed by atoms with Crippen LogP contribution in [-0.2, 0) is 0 Å². The first-order valence-electron chi connectivity index (χ1n) is 9.20. The molecule has 0 unspecified atom stereocenters. The van der Waals surface area contributed by atoms with Crippen LogP contribution in [0.3, 0.4) is 0 Å². The van der Waals surface area contributed by atoms with Gasteiger partial charge in [-0.25, -0.2) is 0 Å². The second-order valence-corrected chi connectivity index (χ2v) is 6.97. The number of non-ortho nitro benzene ring substituents is 1. The minimum atomic E-state index is -0.379. The van der Waals surface area contributed by atoms with Gasteiger partial charge in [0.15, 0.2) is 0 Å². The van der Waals surface area contributed by atoms with Crippen molar-refractivity contribution in [2.45, 2.75) is 12.0 Å². The maximum Gasteiger partial charge on any atom is 0.269 e. The molecule has 0 N–H and O–H groups in total. The fourth-order valence-corrected chi connectivity index (χ4v) is 4.10. The quantitative estimate of drug-likeness (QED) is 0.329. The van der Waals surface area contributed by atoms with Gasteiger partial charge in [0, 0.05) is 17.7 Å². The molecule has 1 heterocycles. The van der Waals surface area contributed by atoms with Crippen molar-refractivity contribution in [2.75, 3.05) is 0 Å². The molecular weight excluding hydrogens is 350 g/mol. The standard InChI is InChI=1S/C24H17NO3/c26-25(27)19-13-10-18(11-14-19)24-22(17-7-2-1-3-8-17)23-20-9-5-4-6-16(20)12-15-21(23)28-24/h1-15,22,24H/t22-,24+/m0/s1. The molecule has 0 aromatic heterocycles. The molecule has 4 nitrogen and oxygen atoms in total. The molecular formula is C24H17NO3. The Bertz CT molecular complexity index is 1170. The Morgan fingerprint density at radius 1 is 0.750 bits per heavy atom. The molecule has 4 aromatic carbocycles. The van der Waals surface area contributed by atoms with Crippen molar-refractivity contribution in [3.05, 3.63) is 118 Å². The van der Waals surface area contributed by atoms with Gasteiger partial charge in [0.2, 0.25) is 0 Å². The minimum absolute atomic E-state index is 0.0174. The molecule has 2 atom stereocenters. The number of hydrogen-bond acceptors (Lipinski definition) is 3. The molecule has 0 spiro atoms. The largest absolute Gasteiger partial charge is 0.484 e. The summed E-state index contributed by atoms with van der Waals surface area (Å²) < 4.78 is 6.40. The van der Waals surface area contributed by atoms with Crippen LogP contribution in [0.4, 0.5) is 5.69 Å². The third-order valence-electron chi connectivity index (χ3n) is 5.39. The van der Waals surface area contributed by atoms with Gasteiger partial charge < -0.3 is 4.74 Å². The molecule has 5 rings (SSSR count). The fourth-order valence-electron chi connectivity index (χ4n) is 4.10. The summed E-state index contributed by atoms with van der Waals surface area (Å²) in [6, 6.07) is 29.4. The summed E-state index contributed by atoms with van der Waals surface area (Å²) in [5.41, 5.74) is 3.36. The van der Waals surface area contributed by atoms with Crippen LogP contribution in [0.5, 0.6) is 5.75 Å². The van der Waals surface area contributed by atoms with Crippen LogP contribution in [0.15, 0.2) is 91.0 Å². The molecule has 1 aliphatic rings. The van der Waals surface area contributed by atoms with E-state index in [1.165, 1.54) is 21.9 Å². The Morgan fingerprint density at radius 3 is 2.21 bits per heavy atom. The third kappa shape index (κ3) is 2.62. The van der Waals surface area contributed by atoms with Gasteiger partial charge >= 0.3 is 0 Å². The smallest absolute Gasteiger partial charge is 0.269 e. The normalized spacial score (nSPS) is 17.9. The number of ether oxygens (including phenoxy) is 1. The molecule has 0 radical (unpaired) electrons. The lowest BCUT2D eigenvalue weighted by Crippen LogP contribution is -2.11. The lowest BCUT2D eigenvalue weighted by Gasteiger charge is -2.20. The van der Waals surface area contributed by atoms with Crippen LogP contribution >= 0.6 is 0 Å². The minimum Gasteiger partial charge on any atom is -0.484 e. The molecule has 4 heteroatoms. The van der Waals surface area contributed by atoms with Gasteiger partial charge in [-0.1, -0.05) is 60.7 Å². The highest BCUT2D eigenvalue weighted by Gasteiger charge is 2.38. The molecule has 0 saturated carbocycles. The van der Waals surface area contributed by atoms with Crippen LogP contribution in [0.1, 0.15) is 28.7 Å². The van der Waals surface area contributed by atoms with E-state index in [0.717, 1.165) is 11.3 Å². The topological polar surface area (TPSA) is 52.4 Å². The fraction of sp³-hybridized carbons (Fsp3) is 0.0833. The summed E-state index contributed by atoms with van der Waals surface area (Å²) in [6.45, 7) is 0. The van der Waals surface area contributed by atoms with Gasteiger partial charge in [-0.15, -0.1) is 0 Å². The number of fused-ring (bicyclic) bond motifs is 3. The zero-order chi connectivity index (χ0) is 19.1. The SMILES string of the molecule is O=[N+]([O-])c1ccc([C@H]2Oc3ccc4ccccc4c3[C@@H]2c2ccccc2)cc1. The highest BCUT2D eigenvalue weighted by Crippen LogP contribution is 2.52. The van der Waals surface area contributed by atoms with E-state index in [1.807, 2.05) is 36.4 Å². The van der Waals surface area contributed by atoms with Crippen LogP contribution in [0, 0.1) is 10.1 Å². The van der Waals surface area contributed by atoms with Crippen LogP contribution < -0.4 is 4.74 Å². The number of nitro groups is 1. The highest BCUT2D eigenvalue weighted by atomic mass is 16.6. The lowest BCUT2D eigenvalue weighted by molar-refractivity contribution is -0.384. The molecule has 136 valence electrons. The number of nitrogens with zero attached hydrogens (tertiary/aromatic N) is 1. The maximum absolute atomic E-state index is 11.0. The molecule has 0 fully saturated rings. The maximum atomic E-state index is 11.0. The predicted octanol–water partition coefficient (Wildman–Crippen LogP) is 6.01. The van der Waals surface area contributed by atoms with Gasteiger partial charge in [0.25, 0.3) is 5.69 Å². The summed E-state index contributed by atoms with van der Waals surface area (Å²) >= 11 is 0. The molecule has 0 saturated heterocycles.